The van der Waals surface area contributed by atoms with Gasteiger partial charge in [0.25, 0.3) is 5.91 Å². The quantitative estimate of drug-likeness (QED) is 0.288. The Hall–Kier alpha value is -3.13. The van der Waals surface area contributed by atoms with E-state index in [1.165, 1.54) is 37.9 Å². The van der Waals surface area contributed by atoms with Crippen LogP contribution in [0.3, 0.4) is 0 Å². The molecular weight excluding hydrogens is 464 g/mol. The number of esters is 1. The summed E-state index contributed by atoms with van der Waals surface area (Å²) in [6.45, 7) is 1.02. The van der Waals surface area contributed by atoms with E-state index < -0.39 is 18.5 Å². The van der Waals surface area contributed by atoms with Crippen LogP contribution in [-0.2, 0) is 14.3 Å². The highest BCUT2D eigenvalue weighted by molar-refractivity contribution is 8.00. The fourth-order valence-corrected chi connectivity index (χ4v) is 4.82. The molecule has 2 amide bonds. The third-order valence-electron chi connectivity index (χ3n) is 5.85. The van der Waals surface area contributed by atoms with Gasteiger partial charge in [0.2, 0.25) is 5.91 Å². The van der Waals surface area contributed by atoms with Crippen molar-refractivity contribution < 1.29 is 23.9 Å². The van der Waals surface area contributed by atoms with E-state index >= 15 is 0 Å². The number of anilines is 1. The lowest BCUT2D eigenvalue weighted by Crippen LogP contribution is -2.36. The standard InChI is InChI=1S/C27H32N2O5S/c1-19(30)20-13-15-22(16-14-20)28-25(31)17-34-27(33)23-11-7-8-12-24(23)35-18-26(32)29-21-9-5-3-2-4-6-10-21/h7-8,11-16,21H,2-6,9-10,17-18H2,1H3,(H,28,31)(H,29,32). The van der Waals surface area contributed by atoms with Crippen LogP contribution < -0.4 is 10.6 Å². The van der Waals surface area contributed by atoms with Crippen LogP contribution in [0.15, 0.2) is 53.4 Å². The molecular formula is C27H32N2O5S. The van der Waals surface area contributed by atoms with Crippen molar-refractivity contribution in [3.63, 3.8) is 0 Å². The lowest BCUT2D eigenvalue weighted by atomic mass is 9.97. The first-order valence-corrected chi connectivity index (χ1v) is 13.0. The molecule has 0 unspecified atom stereocenters. The highest BCUT2D eigenvalue weighted by Gasteiger charge is 2.18. The maximum Gasteiger partial charge on any atom is 0.339 e. The monoisotopic (exact) mass is 496 g/mol. The Morgan fingerprint density at radius 1 is 0.886 bits per heavy atom. The molecule has 186 valence electrons. The minimum absolute atomic E-state index is 0.0427. The van der Waals surface area contributed by atoms with Crippen LogP contribution in [0.5, 0.6) is 0 Å². The van der Waals surface area contributed by atoms with Gasteiger partial charge in [0.05, 0.1) is 11.3 Å². The fourth-order valence-electron chi connectivity index (χ4n) is 3.97. The van der Waals surface area contributed by atoms with Gasteiger partial charge in [-0.15, -0.1) is 11.8 Å². The summed E-state index contributed by atoms with van der Waals surface area (Å²) in [4.78, 5) is 49.3. The van der Waals surface area contributed by atoms with E-state index in [1.54, 1.807) is 48.5 Å². The number of thioether (sulfide) groups is 1. The number of hydrogen-bond acceptors (Lipinski definition) is 6. The summed E-state index contributed by atoms with van der Waals surface area (Å²) in [5.74, 6) is -1.02. The van der Waals surface area contributed by atoms with Crippen molar-refractivity contribution in [3.8, 4) is 0 Å². The van der Waals surface area contributed by atoms with Gasteiger partial charge in [0, 0.05) is 22.2 Å². The maximum atomic E-state index is 12.6. The second-order valence-corrected chi connectivity index (χ2v) is 9.67. The second-order valence-electron chi connectivity index (χ2n) is 8.65. The molecule has 0 saturated heterocycles. The van der Waals surface area contributed by atoms with Crippen molar-refractivity contribution in [3.05, 3.63) is 59.7 Å². The average Bonchev–Trinajstić information content (AvgIpc) is 2.83. The number of hydrogen-bond donors (Lipinski definition) is 2. The molecule has 35 heavy (non-hydrogen) atoms. The molecule has 0 radical (unpaired) electrons. The summed E-state index contributed by atoms with van der Waals surface area (Å²) >= 11 is 1.28. The second kappa shape index (κ2) is 13.7. The highest BCUT2D eigenvalue weighted by Crippen LogP contribution is 2.24. The number of rotatable bonds is 9. The Morgan fingerprint density at radius 2 is 1.54 bits per heavy atom. The summed E-state index contributed by atoms with van der Waals surface area (Å²) in [6, 6.07) is 13.6. The molecule has 0 heterocycles. The summed E-state index contributed by atoms with van der Waals surface area (Å²) < 4.78 is 5.20. The molecule has 2 N–H and O–H groups in total. The smallest absolute Gasteiger partial charge is 0.339 e. The van der Waals surface area contributed by atoms with E-state index in [2.05, 4.69) is 10.6 Å². The van der Waals surface area contributed by atoms with Crippen molar-refractivity contribution in [1.29, 1.82) is 0 Å². The number of carbonyl (C=O) groups excluding carboxylic acids is 4. The average molecular weight is 497 g/mol. The maximum absolute atomic E-state index is 12.6. The normalized spacial score (nSPS) is 14.3. The van der Waals surface area contributed by atoms with Gasteiger partial charge in [-0.25, -0.2) is 4.79 Å². The van der Waals surface area contributed by atoms with Crippen LogP contribution in [-0.4, -0.2) is 42.0 Å². The molecule has 1 saturated carbocycles. The molecule has 2 aromatic carbocycles. The summed E-state index contributed by atoms with van der Waals surface area (Å²) in [6.07, 6.45) is 8.04. The minimum Gasteiger partial charge on any atom is -0.452 e. The molecule has 1 fully saturated rings. The van der Waals surface area contributed by atoms with Gasteiger partial charge in [-0.05, 0) is 56.2 Å². The minimum atomic E-state index is -0.629. The Bertz CT molecular complexity index is 1030. The van der Waals surface area contributed by atoms with Gasteiger partial charge in [0.1, 0.15) is 0 Å². The predicted molar refractivity (Wildman–Crippen MR) is 137 cm³/mol. The van der Waals surface area contributed by atoms with Crippen molar-refractivity contribution in [1.82, 2.24) is 5.32 Å². The van der Waals surface area contributed by atoms with Gasteiger partial charge < -0.3 is 15.4 Å². The summed E-state index contributed by atoms with van der Waals surface area (Å²) in [5, 5.41) is 5.76. The van der Waals surface area contributed by atoms with Crippen molar-refractivity contribution >= 4 is 41.0 Å². The molecule has 0 bridgehead atoms. The number of amides is 2. The zero-order valence-corrected chi connectivity index (χ0v) is 20.8. The Morgan fingerprint density at radius 3 is 2.23 bits per heavy atom. The molecule has 0 aliphatic heterocycles. The Balaban J connectivity index is 1.48. The van der Waals surface area contributed by atoms with E-state index in [1.807, 2.05) is 0 Å². The summed E-state index contributed by atoms with van der Waals surface area (Å²) in [5.41, 5.74) is 1.36. The zero-order valence-electron chi connectivity index (χ0n) is 20.0. The SMILES string of the molecule is CC(=O)c1ccc(NC(=O)COC(=O)c2ccccc2SCC(=O)NC2CCCCCCC2)cc1. The first kappa shape index (κ1) is 26.5. The van der Waals surface area contributed by atoms with Crippen LogP contribution in [0.25, 0.3) is 0 Å². The number of Topliss-reactive ketones (excluding diaryl/α,β-unsaturated/α-hetero) is 1. The highest BCUT2D eigenvalue weighted by atomic mass is 32.2. The van der Waals surface area contributed by atoms with E-state index in [0.29, 0.717) is 21.7 Å². The third kappa shape index (κ3) is 8.87. The number of carbonyl (C=O) groups is 4. The molecule has 2 aromatic rings. The van der Waals surface area contributed by atoms with Gasteiger partial charge >= 0.3 is 5.97 Å². The molecule has 3 rings (SSSR count). The molecule has 8 heteroatoms. The Kier molecular flexibility index (Phi) is 10.3. The van der Waals surface area contributed by atoms with Crippen LogP contribution in [0.2, 0.25) is 0 Å². The number of ether oxygens (including phenoxy) is 1. The first-order valence-electron chi connectivity index (χ1n) is 12.0. The molecule has 0 atom stereocenters. The molecule has 7 nitrogen and oxygen atoms in total. The molecule has 1 aliphatic rings. The van der Waals surface area contributed by atoms with Crippen molar-refractivity contribution in [2.24, 2.45) is 0 Å². The van der Waals surface area contributed by atoms with Gasteiger partial charge in [-0.1, -0.05) is 44.2 Å². The number of ketones is 1. The first-order chi connectivity index (χ1) is 16.9. The molecule has 0 spiro atoms. The molecule has 0 aromatic heterocycles. The van der Waals surface area contributed by atoms with Gasteiger partial charge in [-0.2, -0.15) is 0 Å². The lowest BCUT2D eigenvalue weighted by Gasteiger charge is -2.21. The van der Waals surface area contributed by atoms with Gasteiger partial charge in [-0.3, -0.25) is 14.4 Å². The number of nitrogens with one attached hydrogen (secondary N) is 2. The largest absolute Gasteiger partial charge is 0.452 e. The van der Waals surface area contributed by atoms with E-state index in [0.717, 1.165) is 25.7 Å². The lowest BCUT2D eigenvalue weighted by molar-refractivity contribution is -0.120. The summed E-state index contributed by atoms with van der Waals surface area (Å²) in [7, 11) is 0. The van der Waals surface area contributed by atoms with Crippen molar-refractivity contribution in [2.75, 3.05) is 17.7 Å². The van der Waals surface area contributed by atoms with Crippen LogP contribution in [0.4, 0.5) is 5.69 Å². The fraction of sp³-hybridized carbons (Fsp3) is 0.407. The van der Waals surface area contributed by atoms with Crippen LogP contribution in [0.1, 0.15) is 72.6 Å². The van der Waals surface area contributed by atoms with Crippen LogP contribution in [0, 0.1) is 0 Å². The van der Waals surface area contributed by atoms with Gasteiger partial charge in [0.15, 0.2) is 12.4 Å². The number of benzene rings is 2. The third-order valence-corrected chi connectivity index (χ3v) is 6.92. The van der Waals surface area contributed by atoms with E-state index in [9.17, 15) is 19.2 Å². The predicted octanol–water partition coefficient (Wildman–Crippen LogP) is 5.01. The van der Waals surface area contributed by atoms with Crippen molar-refractivity contribution in [2.45, 2.75) is 62.8 Å². The van der Waals surface area contributed by atoms with E-state index in [-0.39, 0.29) is 23.5 Å². The Labute approximate surface area is 210 Å². The molecule has 1 aliphatic carbocycles. The zero-order chi connectivity index (χ0) is 25.0. The van der Waals surface area contributed by atoms with E-state index in [4.69, 9.17) is 4.74 Å². The van der Waals surface area contributed by atoms with Crippen LogP contribution >= 0.6 is 11.8 Å². The topological polar surface area (TPSA) is 102 Å².